The molecule has 1 rings (SSSR count). The molecule has 0 saturated carbocycles. The summed E-state index contributed by atoms with van der Waals surface area (Å²) in [6.45, 7) is 3.16. The number of ether oxygens (including phenoxy) is 2. The van der Waals surface area contributed by atoms with Gasteiger partial charge in [0.1, 0.15) is 12.4 Å². The van der Waals surface area contributed by atoms with Gasteiger partial charge in [0.05, 0.1) is 7.11 Å². The van der Waals surface area contributed by atoms with E-state index >= 15 is 0 Å². The van der Waals surface area contributed by atoms with Gasteiger partial charge in [-0.3, -0.25) is 0 Å². The van der Waals surface area contributed by atoms with Crippen LogP contribution in [0.4, 0.5) is 0 Å². The van der Waals surface area contributed by atoms with Gasteiger partial charge in [0.25, 0.3) is 0 Å². The van der Waals surface area contributed by atoms with E-state index in [1.54, 1.807) is 6.07 Å². The fourth-order valence-corrected chi connectivity index (χ4v) is 1.21. The van der Waals surface area contributed by atoms with Crippen LogP contribution in [0.15, 0.2) is 24.3 Å². The molecule has 0 saturated heterocycles. The minimum absolute atomic E-state index is 0.136. The zero-order chi connectivity index (χ0) is 12.2. The third kappa shape index (κ3) is 3.24. The maximum atomic E-state index is 11.2. The fourth-order valence-electron chi connectivity index (χ4n) is 1.21. The lowest BCUT2D eigenvalue weighted by molar-refractivity contribution is -0.163. The van der Waals surface area contributed by atoms with E-state index in [1.807, 2.05) is 25.1 Å². The number of methoxy groups -OCH3 is 1. The summed E-state index contributed by atoms with van der Waals surface area (Å²) in [5.41, 5.74) is -0.575. The van der Waals surface area contributed by atoms with Gasteiger partial charge in [-0.15, -0.1) is 0 Å². The van der Waals surface area contributed by atoms with Crippen molar-refractivity contribution < 1.29 is 19.4 Å². The average molecular weight is 224 g/mol. The summed E-state index contributed by atoms with van der Waals surface area (Å²) in [6, 6.07) is 7.37. The van der Waals surface area contributed by atoms with E-state index in [0.29, 0.717) is 5.75 Å². The molecule has 88 valence electrons. The molecule has 1 atom stereocenters. The number of hydrogen-bond acceptors (Lipinski definition) is 4. The molecule has 1 aromatic rings. The van der Waals surface area contributed by atoms with Crippen molar-refractivity contribution in [2.24, 2.45) is 0 Å². The number of carbonyl (C=O) groups is 1. The Morgan fingerprint density at radius 1 is 1.50 bits per heavy atom. The predicted octanol–water partition coefficient (Wildman–Crippen LogP) is 1.30. The summed E-state index contributed by atoms with van der Waals surface area (Å²) in [6.07, 6.45) is 0. The van der Waals surface area contributed by atoms with E-state index in [1.165, 1.54) is 14.0 Å². The Morgan fingerprint density at radius 3 is 2.75 bits per heavy atom. The summed E-state index contributed by atoms with van der Waals surface area (Å²) in [5, 5.41) is 9.71. The Labute approximate surface area is 94.8 Å². The van der Waals surface area contributed by atoms with Crippen molar-refractivity contribution >= 4 is 5.97 Å². The Morgan fingerprint density at radius 2 is 2.19 bits per heavy atom. The zero-order valence-corrected chi connectivity index (χ0v) is 9.69. The monoisotopic (exact) mass is 224 g/mol. The molecule has 0 spiro atoms. The zero-order valence-electron chi connectivity index (χ0n) is 9.69. The van der Waals surface area contributed by atoms with Gasteiger partial charge in [-0.1, -0.05) is 12.1 Å². The third-order valence-electron chi connectivity index (χ3n) is 2.13. The molecule has 1 aromatic carbocycles. The first-order chi connectivity index (χ1) is 7.45. The Balaban J connectivity index is 2.61. The first kappa shape index (κ1) is 12.5. The minimum Gasteiger partial charge on any atom is -0.490 e. The van der Waals surface area contributed by atoms with Crippen LogP contribution < -0.4 is 4.74 Å². The molecule has 16 heavy (non-hydrogen) atoms. The summed E-state index contributed by atoms with van der Waals surface area (Å²) in [5.74, 6) is -0.0932. The van der Waals surface area contributed by atoms with Gasteiger partial charge >= 0.3 is 5.97 Å². The number of aryl methyl sites for hydroxylation is 1. The molecule has 4 heteroatoms. The van der Waals surface area contributed by atoms with E-state index in [0.717, 1.165) is 5.56 Å². The molecule has 0 aliphatic heterocycles. The van der Waals surface area contributed by atoms with Gasteiger partial charge in [-0.2, -0.15) is 0 Å². The van der Waals surface area contributed by atoms with Crippen molar-refractivity contribution in [3.8, 4) is 5.75 Å². The standard InChI is InChI=1S/C12H16O4/c1-9-5-4-6-10(7-9)16-8-12(2,14)11(13)15-3/h4-7,14H,8H2,1-3H3. The number of esters is 1. The van der Waals surface area contributed by atoms with Crippen molar-refractivity contribution in [1.29, 1.82) is 0 Å². The molecule has 0 aliphatic carbocycles. The molecule has 0 radical (unpaired) electrons. The molecule has 0 bridgehead atoms. The molecule has 0 aromatic heterocycles. The van der Waals surface area contributed by atoms with Crippen LogP contribution in [0, 0.1) is 6.92 Å². The van der Waals surface area contributed by atoms with E-state index in [9.17, 15) is 9.90 Å². The lowest BCUT2D eigenvalue weighted by Gasteiger charge is -2.20. The highest BCUT2D eigenvalue weighted by molar-refractivity contribution is 5.78. The van der Waals surface area contributed by atoms with Crippen LogP contribution in [0.25, 0.3) is 0 Å². The molecule has 1 unspecified atom stereocenters. The molecule has 4 nitrogen and oxygen atoms in total. The van der Waals surface area contributed by atoms with E-state index in [-0.39, 0.29) is 6.61 Å². The molecular formula is C12H16O4. The highest BCUT2D eigenvalue weighted by atomic mass is 16.6. The SMILES string of the molecule is COC(=O)C(C)(O)COc1cccc(C)c1. The lowest BCUT2D eigenvalue weighted by Crippen LogP contribution is -2.42. The summed E-state index contributed by atoms with van der Waals surface area (Å²) in [4.78, 5) is 11.2. The van der Waals surface area contributed by atoms with Crippen LogP contribution in [-0.4, -0.2) is 30.4 Å². The van der Waals surface area contributed by atoms with Crippen LogP contribution >= 0.6 is 0 Å². The highest BCUT2D eigenvalue weighted by Gasteiger charge is 2.32. The average Bonchev–Trinajstić information content (AvgIpc) is 2.25. The Hall–Kier alpha value is -1.55. The summed E-state index contributed by atoms with van der Waals surface area (Å²) >= 11 is 0. The topological polar surface area (TPSA) is 55.8 Å². The van der Waals surface area contributed by atoms with Crippen LogP contribution in [0.5, 0.6) is 5.75 Å². The van der Waals surface area contributed by atoms with Crippen molar-refractivity contribution in [2.75, 3.05) is 13.7 Å². The third-order valence-corrected chi connectivity index (χ3v) is 2.13. The second-order valence-corrected chi connectivity index (χ2v) is 3.87. The van der Waals surface area contributed by atoms with Gasteiger partial charge < -0.3 is 14.6 Å². The van der Waals surface area contributed by atoms with Gasteiger partial charge in [0.15, 0.2) is 5.60 Å². The lowest BCUT2D eigenvalue weighted by atomic mass is 10.1. The molecule has 0 amide bonds. The molecular weight excluding hydrogens is 208 g/mol. The fraction of sp³-hybridized carbons (Fsp3) is 0.417. The van der Waals surface area contributed by atoms with Crippen LogP contribution in [-0.2, 0) is 9.53 Å². The quantitative estimate of drug-likeness (QED) is 0.783. The van der Waals surface area contributed by atoms with Gasteiger partial charge in [0.2, 0.25) is 0 Å². The minimum atomic E-state index is -1.63. The molecule has 1 N–H and O–H groups in total. The van der Waals surface area contributed by atoms with Gasteiger partial charge in [0, 0.05) is 0 Å². The normalized spacial score (nSPS) is 14.0. The van der Waals surface area contributed by atoms with E-state index in [2.05, 4.69) is 4.74 Å². The number of aliphatic hydroxyl groups is 1. The predicted molar refractivity (Wildman–Crippen MR) is 59.3 cm³/mol. The number of hydrogen-bond donors (Lipinski definition) is 1. The summed E-state index contributed by atoms with van der Waals surface area (Å²) in [7, 11) is 1.23. The first-order valence-corrected chi connectivity index (χ1v) is 4.96. The first-order valence-electron chi connectivity index (χ1n) is 4.96. The smallest absolute Gasteiger partial charge is 0.341 e. The van der Waals surface area contributed by atoms with Crippen molar-refractivity contribution in [3.05, 3.63) is 29.8 Å². The molecule has 0 heterocycles. The van der Waals surface area contributed by atoms with Crippen LogP contribution in [0.1, 0.15) is 12.5 Å². The van der Waals surface area contributed by atoms with Crippen molar-refractivity contribution in [3.63, 3.8) is 0 Å². The number of rotatable bonds is 4. The molecule has 0 fully saturated rings. The number of carbonyl (C=O) groups excluding carboxylic acids is 1. The van der Waals surface area contributed by atoms with Crippen LogP contribution in [0.3, 0.4) is 0 Å². The van der Waals surface area contributed by atoms with Gasteiger partial charge in [-0.05, 0) is 31.5 Å². The Bertz CT molecular complexity index is 371. The summed E-state index contributed by atoms with van der Waals surface area (Å²) < 4.78 is 9.78. The maximum absolute atomic E-state index is 11.2. The number of benzene rings is 1. The van der Waals surface area contributed by atoms with Crippen molar-refractivity contribution in [1.82, 2.24) is 0 Å². The largest absolute Gasteiger partial charge is 0.490 e. The van der Waals surface area contributed by atoms with Gasteiger partial charge in [-0.25, -0.2) is 4.79 Å². The second-order valence-electron chi connectivity index (χ2n) is 3.87. The highest BCUT2D eigenvalue weighted by Crippen LogP contribution is 2.15. The second kappa shape index (κ2) is 4.99. The van der Waals surface area contributed by atoms with E-state index in [4.69, 9.17) is 4.74 Å². The molecule has 0 aliphatic rings. The van der Waals surface area contributed by atoms with E-state index < -0.39 is 11.6 Å². The Kier molecular flexibility index (Phi) is 3.90. The van der Waals surface area contributed by atoms with Crippen LogP contribution in [0.2, 0.25) is 0 Å². The maximum Gasteiger partial charge on any atom is 0.341 e. The van der Waals surface area contributed by atoms with Crippen molar-refractivity contribution in [2.45, 2.75) is 19.4 Å².